The zero-order valence-corrected chi connectivity index (χ0v) is 20.8. The van der Waals surface area contributed by atoms with Crippen LogP contribution in [0.4, 0.5) is 0 Å². The Hall–Kier alpha value is -3.51. The van der Waals surface area contributed by atoms with E-state index in [1.54, 1.807) is 24.3 Å². The largest absolute Gasteiger partial charge is 0.494 e. The normalized spacial score (nSPS) is 11.9. The number of imidazole rings is 1. The van der Waals surface area contributed by atoms with Crippen molar-refractivity contribution in [3.05, 3.63) is 89.2 Å². The Balaban J connectivity index is 1.35. The second-order valence-corrected chi connectivity index (χ2v) is 8.95. The fourth-order valence-corrected chi connectivity index (χ4v) is 4.08. The van der Waals surface area contributed by atoms with Gasteiger partial charge in [-0.05, 0) is 80.8 Å². The molecule has 6 nitrogen and oxygen atoms in total. The summed E-state index contributed by atoms with van der Waals surface area (Å²) < 4.78 is 13.7. The monoisotopic (exact) mass is 491 g/mol. The molecule has 4 rings (SSSR count). The van der Waals surface area contributed by atoms with E-state index in [9.17, 15) is 4.79 Å². The van der Waals surface area contributed by atoms with Crippen molar-refractivity contribution in [1.29, 1.82) is 0 Å². The second-order valence-electron chi connectivity index (χ2n) is 8.51. The van der Waals surface area contributed by atoms with Gasteiger partial charge < -0.3 is 19.4 Å². The van der Waals surface area contributed by atoms with Crippen LogP contribution in [0.15, 0.2) is 72.8 Å². The molecule has 0 aliphatic heterocycles. The van der Waals surface area contributed by atoms with Crippen molar-refractivity contribution < 1.29 is 14.3 Å². The predicted octanol–water partition coefficient (Wildman–Crippen LogP) is 6.11. The van der Waals surface area contributed by atoms with Gasteiger partial charge in [-0.3, -0.25) is 4.79 Å². The molecule has 0 saturated carbocycles. The molecule has 0 spiro atoms. The minimum Gasteiger partial charge on any atom is -0.494 e. The molecule has 35 heavy (non-hydrogen) atoms. The number of carbonyl (C=O) groups excluding carboxylic acids is 1. The first kappa shape index (κ1) is 24.6. The molecule has 0 aliphatic carbocycles. The van der Waals surface area contributed by atoms with Gasteiger partial charge in [0.2, 0.25) is 0 Å². The molecule has 7 heteroatoms. The van der Waals surface area contributed by atoms with E-state index in [1.807, 2.05) is 43.3 Å². The smallest absolute Gasteiger partial charge is 0.258 e. The van der Waals surface area contributed by atoms with Crippen LogP contribution in [0.25, 0.3) is 11.0 Å². The van der Waals surface area contributed by atoms with Gasteiger partial charge >= 0.3 is 0 Å². The van der Waals surface area contributed by atoms with Crippen molar-refractivity contribution in [3.63, 3.8) is 0 Å². The summed E-state index contributed by atoms with van der Waals surface area (Å²) in [6.45, 7) is 5.36. The molecule has 1 atom stereocenters. The Morgan fingerprint density at radius 3 is 2.60 bits per heavy atom. The van der Waals surface area contributed by atoms with E-state index in [0.717, 1.165) is 42.0 Å². The zero-order valence-electron chi connectivity index (χ0n) is 20.0. The third-order valence-corrected chi connectivity index (χ3v) is 5.92. The number of aryl methyl sites for hydroxylation is 2. The van der Waals surface area contributed by atoms with Crippen molar-refractivity contribution in [2.75, 3.05) is 13.2 Å². The summed E-state index contributed by atoms with van der Waals surface area (Å²) in [5, 5.41) is 3.63. The van der Waals surface area contributed by atoms with E-state index in [2.05, 4.69) is 28.9 Å². The molecule has 4 aromatic rings. The van der Waals surface area contributed by atoms with Gasteiger partial charge in [0.25, 0.3) is 5.91 Å². The highest BCUT2D eigenvalue weighted by Crippen LogP contribution is 2.22. The number of nitrogens with one attached hydrogen (secondary N) is 1. The van der Waals surface area contributed by atoms with Crippen LogP contribution in [0.2, 0.25) is 5.02 Å². The lowest BCUT2D eigenvalue weighted by molar-refractivity contribution is -0.123. The number of benzene rings is 3. The van der Waals surface area contributed by atoms with Crippen LogP contribution in [0.3, 0.4) is 0 Å². The van der Waals surface area contributed by atoms with Gasteiger partial charge in [-0.25, -0.2) is 4.98 Å². The van der Waals surface area contributed by atoms with E-state index in [1.165, 1.54) is 5.56 Å². The summed E-state index contributed by atoms with van der Waals surface area (Å²) in [5.74, 6) is 2.11. The number of halogens is 1. The average Bonchev–Trinajstić information content (AvgIpc) is 3.22. The summed E-state index contributed by atoms with van der Waals surface area (Å²) in [6.07, 6.45) is 1.84. The number of hydrogen-bond donors (Lipinski definition) is 1. The number of carbonyl (C=O) groups is 1. The minimum atomic E-state index is -0.271. The number of amides is 1. The Kier molecular flexibility index (Phi) is 8.27. The van der Waals surface area contributed by atoms with Crippen LogP contribution >= 0.6 is 11.6 Å². The molecule has 0 bridgehead atoms. The fraction of sp³-hybridized carbons (Fsp3) is 0.286. The molecule has 0 saturated heterocycles. The predicted molar refractivity (Wildman–Crippen MR) is 139 cm³/mol. The Bertz CT molecular complexity index is 1270. The molecular weight excluding hydrogens is 462 g/mol. The van der Waals surface area contributed by atoms with E-state index in [4.69, 9.17) is 26.1 Å². The Morgan fingerprint density at radius 1 is 1.00 bits per heavy atom. The number of unbranched alkanes of at least 4 members (excludes halogenated alkanes) is 1. The molecule has 1 heterocycles. The number of rotatable bonds is 11. The lowest BCUT2D eigenvalue weighted by Crippen LogP contribution is -2.32. The van der Waals surface area contributed by atoms with Crippen LogP contribution in [-0.2, 0) is 11.3 Å². The zero-order chi connectivity index (χ0) is 24.6. The highest BCUT2D eigenvalue weighted by molar-refractivity contribution is 6.30. The van der Waals surface area contributed by atoms with Crippen LogP contribution < -0.4 is 14.8 Å². The topological polar surface area (TPSA) is 65.4 Å². The van der Waals surface area contributed by atoms with Gasteiger partial charge in [0.15, 0.2) is 6.61 Å². The number of hydrogen-bond acceptors (Lipinski definition) is 4. The first-order valence-electron chi connectivity index (χ1n) is 11.8. The Labute approximate surface area is 210 Å². The first-order chi connectivity index (χ1) is 17.0. The van der Waals surface area contributed by atoms with Crippen molar-refractivity contribution in [1.82, 2.24) is 14.9 Å². The lowest BCUT2D eigenvalue weighted by Gasteiger charge is -2.17. The third kappa shape index (κ3) is 6.76. The minimum absolute atomic E-state index is 0.0809. The number of para-hydroxylation sites is 2. The summed E-state index contributed by atoms with van der Waals surface area (Å²) >= 11 is 5.90. The highest BCUT2D eigenvalue weighted by Gasteiger charge is 2.18. The SMILES string of the molecule is Cc1cccc(OCCCCn2c(C(C)NC(=O)COc3ccc(Cl)cc3)nc3ccccc32)c1. The summed E-state index contributed by atoms with van der Waals surface area (Å²) in [4.78, 5) is 17.3. The van der Waals surface area contributed by atoms with E-state index < -0.39 is 0 Å². The van der Waals surface area contributed by atoms with E-state index >= 15 is 0 Å². The molecule has 1 unspecified atom stereocenters. The maximum Gasteiger partial charge on any atom is 0.258 e. The molecule has 1 amide bonds. The molecule has 3 aromatic carbocycles. The average molecular weight is 492 g/mol. The van der Waals surface area contributed by atoms with Gasteiger partial charge in [0, 0.05) is 11.6 Å². The number of aromatic nitrogens is 2. The standard InChI is InChI=1S/C28H30ClN3O3/c1-20-8-7-9-24(18-20)34-17-6-5-16-32-26-11-4-3-10-25(26)31-28(32)21(2)30-27(33)19-35-23-14-12-22(29)13-15-23/h3-4,7-15,18,21H,5-6,16-17,19H2,1-2H3,(H,30,33). The second kappa shape index (κ2) is 11.8. The molecule has 0 aliphatic rings. The number of ether oxygens (including phenoxy) is 2. The van der Waals surface area contributed by atoms with Crippen molar-refractivity contribution in [2.24, 2.45) is 0 Å². The molecule has 1 aromatic heterocycles. The first-order valence-corrected chi connectivity index (χ1v) is 12.2. The molecule has 1 N–H and O–H groups in total. The summed E-state index contributed by atoms with van der Waals surface area (Å²) in [5.41, 5.74) is 3.16. The number of fused-ring (bicyclic) bond motifs is 1. The van der Waals surface area contributed by atoms with E-state index in [0.29, 0.717) is 17.4 Å². The quantitative estimate of drug-likeness (QED) is 0.257. The van der Waals surface area contributed by atoms with Crippen LogP contribution in [0, 0.1) is 6.92 Å². The van der Waals surface area contributed by atoms with Crippen molar-refractivity contribution in [2.45, 2.75) is 39.3 Å². The van der Waals surface area contributed by atoms with Gasteiger partial charge in [0.1, 0.15) is 17.3 Å². The summed E-state index contributed by atoms with van der Waals surface area (Å²) in [7, 11) is 0. The molecular formula is C28H30ClN3O3. The number of nitrogens with zero attached hydrogens (tertiary/aromatic N) is 2. The Morgan fingerprint density at radius 2 is 1.80 bits per heavy atom. The maximum atomic E-state index is 12.5. The van der Waals surface area contributed by atoms with Gasteiger partial charge in [0.05, 0.1) is 23.7 Å². The third-order valence-electron chi connectivity index (χ3n) is 5.67. The highest BCUT2D eigenvalue weighted by atomic mass is 35.5. The van der Waals surface area contributed by atoms with Crippen molar-refractivity contribution >= 4 is 28.5 Å². The van der Waals surface area contributed by atoms with Crippen LogP contribution in [0.1, 0.15) is 37.2 Å². The molecule has 182 valence electrons. The molecule has 0 radical (unpaired) electrons. The summed E-state index contributed by atoms with van der Waals surface area (Å²) in [6, 6.07) is 22.8. The lowest BCUT2D eigenvalue weighted by atomic mass is 10.2. The fourth-order valence-electron chi connectivity index (χ4n) is 3.95. The van der Waals surface area contributed by atoms with Gasteiger partial charge in [-0.1, -0.05) is 35.9 Å². The van der Waals surface area contributed by atoms with Crippen molar-refractivity contribution in [3.8, 4) is 11.5 Å². The van der Waals surface area contributed by atoms with Gasteiger partial charge in [-0.15, -0.1) is 0 Å². The van der Waals surface area contributed by atoms with Crippen LogP contribution in [0.5, 0.6) is 11.5 Å². The van der Waals surface area contributed by atoms with Crippen LogP contribution in [-0.4, -0.2) is 28.7 Å². The van der Waals surface area contributed by atoms with E-state index in [-0.39, 0.29) is 18.6 Å². The maximum absolute atomic E-state index is 12.5. The van der Waals surface area contributed by atoms with Gasteiger partial charge in [-0.2, -0.15) is 0 Å². The molecule has 0 fully saturated rings.